The standard InChI is InChI=1S/C17H20N2S/c1-17(2,11-12-18)19-13-7-3-5-9-15(13)20-16-10-6-4-8-14(16)19/h3-10H,11-12,18H2,1-2H3. The van der Waals surface area contributed by atoms with Gasteiger partial charge in [-0.15, -0.1) is 0 Å². The van der Waals surface area contributed by atoms with Gasteiger partial charge in [-0.2, -0.15) is 0 Å². The lowest BCUT2D eigenvalue weighted by Gasteiger charge is -2.44. The van der Waals surface area contributed by atoms with Crippen molar-refractivity contribution in [3.63, 3.8) is 0 Å². The maximum Gasteiger partial charge on any atom is 0.0557 e. The Morgan fingerprint density at radius 1 is 0.950 bits per heavy atom. The van der Waals surface area contributed by atoms with Crippen LogP contribution in [0.25, 0.3) is 0 Å². The first-order valence-corrected chi connectivity index (χ1v) is 7.81. The van der Waals surface area contributed by atoms with Gasteiger partial charge in [0, 0.05) is 15.3 Å². The highest BCUT2D eigenvalue weighted by Gasteiger charge is 2.33. The van der Waals surface area contributed by atoms with Crippen molar-refractivity contribution in [2.24, 2.45) is 5.73 Å². The normalized spacial score (nSPS) is 13.8. The maximum absolute atomic E-state index is 5.83. The molecule has 0 bridgehead atoms. The summed E-state index contributed by atoms with van der Waals surface area (Å²) in [5, 5.41) is 0. The van der Waals surface area contributed by atoms with Gasteiger partial charge < -0.3 is 10.6 Å². The van der Waals surface area contributed by atoms with Gasteiger partial charge in [-0.3, -0.25) is 0 Å². The number of nitrogens with zero attached hydrogens (tertiary/aromatic N) is 1. The van der Waals surface area contributed by atoms with Gasteiger partial charge in [-0.25, -0.2) is 0 Å². The van der Waals surface area contributed by atoms with E-state index < -0.39 is 0 Å². The third kappa shape index (κ3) is 2.21. The van der Waals surface area contributed by atoms with E-state index in [1.807, 2.05) is 11.8 Å². The van der Waals surface area contributed by atoms with E-state index >= 15 is 0 Å². The third-order valence-electron chi connectivity index (χ3n) is 3.79. The number of hydrogen-bond donors (Lipinski definition) is 1. The second-order valence-corrected chi connectivity index (χ2v) is 6.81. The zero-order valence-corrected chi connectivity index (χ0v) is 12.8. The Kier molecular flexibility index (Phi) is 3.48. The van der Waals surface area contributed by atoms with Gasteiger partial charge in [0.15, 0.2) is 0 Å². The topological polar surface area (TPSA) is 29.3 Å². The Morgan fingerprint density at radius 2 is 1.45 bits per heavy atom. The highest BCUT2D eigenvalue weighted by molar-refractivity contribution is 7.99. The molecular weight excluding hydrogens is 264 g/mol. The molecule has 0 saturated heterocycles. The molecule has 0 amide bonds. The molecule has 1 heterocycles. The van der Waals surface area contributed by atoms with Crippen molar-refractivity contribution >= 4 is 23.1 Å². The summed E-state index contributed by atoms with van der Waals surface area (Å²) < 4.78 is 0. The fraction of sp³-hybridized carbons (Fsp3) is 0.294. The molecule has 2 nitrogen and oxygen atoms in total. The molecule has 2 aromatic carbocycles. The molecule has 1 aliphatic heterocycles. The first-order valence-electron chi connectivity index (χ1n) is 7.00. The zero-order valence-electron chi connectivity index (χ0n) is 12.0. The molecule has 20 heavy (non-hydrogen) atoms. The van der Waals surface area contributed by atoms with Crippen LogP contribution in [0.4, 0.5) is 11.4 Å². The van der Waals surface area contributed by atoms with Gasteiger partial charge in [0.1, 0.15) is 0 Å². The Bertz CT molecular complexity index is 576. The largest absolute Gasteiger partial charge is 0.334 e. The molecule has 1 aliphatic rings. The lowest BCUT2D eigenvalue weighted by molar-refractivity contribution is 0.468. The van der Waals surface area contributed by atoms with Crippen molar-refractivity contribution in [3.8, 4) is 0 Å². The molecule has 3 rings (SSSR count). The minimum absolute atomic E-state index is 0.00192. The van der Waals surface area contributed by atoms with Crippen LogP contribution in [0.2, 0.25) is 0 Å². The summed E-state index contributed by atoms with van der Waals surface area (Å²) in [7, 11) is 0. The second kappa shape index (κ2) is 5.15. The van der Waals surface area contributed by atoms with Gasteiger partial charge in [0.25, 0.3) is 0 Å². The van der Waals surface area contributed by atoms with E-state index in [2.05, 4.69) is 67.3 Å². The lowest BCUT2D eigenvalue weighted by atomic mass is 9.95. The number of para-hydroxylation sites is 2. The van der Waals surface area contributed by atoms with Crippen molar-refractivity contribution in [3.05, 3.63) is 48.5 Å². The molecule has 0 spiro atoms. The van der Waals surface area contributed by atoms with E-state index in [-0.39, 0.29) is 5.54 Å². The fourth-order valence-electron chi connectivity index (χ4n) is 2.82. The summed E-state index contributed by atoms with van der Waals surface area (Å²) in [6.45, 7) is 5.23. The fourth-order valence-corrected chi connectivity index (χ4v) is 3.88. The molecular formula is C17H20N2S. The number of hydrogen-bond acceptors (Lipinski definition) is 3. The highest BCUT2D eigenvalue weighted by Crippen LogP contribution is 2.50. The molecule has 0 fully saturated rings. The zero-order chi connectivity index (χ0) is 14.2. The van der Waals surface area contributed by atoms with E-state index in [4.69, 9.17) is 5.73 Å². The van der Waals surface area contributed by atoms with Crippen molar-refractivity contribution < 1.29 is 0 Å². The number of benzene rings is 2. The monoisotopic (exact) mass is 284 g/mol. The van der Waals surface area contributed by atoms with E-state index in [1.54, 1.807) is 0 Å². The van der Waals surface area contributed by atoms with E-state index in [1.165, 1.54) is 21.2 Å². The maximum atomic E-state index is 5.83. The molecule has 0 aromatic heterocycles. The molecule has 0 saturated carbocycles. The van der Waals surface area contributed by atoms with E-state index in [9.17, 15) is 0 Å². The van der Waals surface area contributed by atoms with Gasteiger partial charge in [-0.1, -0.05) is 36.0 Å². The van der Waals surface area contributed by atoms with Crippen LogP contribution >= 0.6 is 11.8 Å². The van der Waals surface area contributed by atoms with Gasteiger partial charge in [-0.05, 0) is 51.1 Å². The summed E-state index contributed by atoms with van der Waals surface area (Å²) in [6.07, 6.45) is 0.959. The molecule has 0 aliphatic carbocycles. The van der Waals surface area contributed by atoms with Crippen LogP contribution in [-0.4, -0.2) is 12.1 Å². The molecule has 3 heteroatoms. The first-order chi connectivity index (χ1) is 9.63. The van der Waals surface area contributed by atoms with Gasteiger partial charge in [0.05, 0.1) is 11.4 Å². The van der Waals surface area contributed by atoms with Crippen LogP contribution in [0.15, 0.2) is 58.3 Å². The Morgan fingerprint density at radius 3 is 1.95 bits per heavy atom. The van der Waals surface area contributed by atoms with Crippen molar-refractivity contribution in [1.29, 1.82) is 0 Å². The molecule has 2 N–H and O–H groups in total. The number of anilines is 2. The number of nitrogens with two attached hydrogens (primary N) is 1. The predicted octanol–water partition coefficient (Wildman–Crippen LogP) is 4.42. The van der Waals surface area contributed by atoms with Gasteiger partial charge >= 0.3 is 0 Å². The highest BCUT2D eigenvalue weighted by atomic mass is 32.2. The number of fused-ring (bicyclic) bond motifs is 2. The Balaban J connectivity index is 2.17. The average molecular weight is 284 g/mol. The molecule has 0 radical (unpaired) electrons. The quantitative estimate of drug-likeness (QED) is 0.905. The van der Waals surface area contributed by atoms with Crippen LogP contribution in [-0.2, 0) is 0 Å². The Labute approximate surface area is 125 Å². The minimum Gasteiger partial charge on any atom is -0.334 e. The smallest absolute Gasteiger partial charge is 0.0557 e. The number of rotatable bonds is 3. The van der Waals surface area contributed by atoms with Crippen LogP contribution in [0.5, 0.6) is 0 Å². The average Bonchev–Trinajstić information content (AvgIpc) is 2.44. The van der Waals surface area contributed by atoms with Gasteiger partial charge in [0.2, 0.25) is 0 Å². The summed E-state index contributed by atoms with van der Waals surface area (Å²) in [5.74, 6) is 0. The molecule has 2 aromatic rings. The molecule has 0 unspecified atom stereocenters. The SMILES string of the molecule is CC(C)(CCN)N1c2ccccc2Sc2ccccc21. The first kappa shape index (κ1) is 13.5. The summed E-state index contributed by atoms with van der Waals surface area (Å²) in [5.41, 5.74) is 8.40. The lowest BCUT2D eigenvalue weighted by Crippen LogP contribution is -2.43. The van der Waals surface area contributed by atoms with Crippen LogP contribution in [0, 0.1) is 0 Å². The molecule has 0 atom stereocenters. The van der Waals surface area contributed by atoms with Crippen molar-refractivity contribution in [2.75, 3.05) is 11.4 Å². The van der Waals surface area contributed by atoms with E-state index in [0.717, 1.165) is 6.42 Å². The van der Waals surface area contributed by atoms with E-state index in [0.29, 0.717) is 6.54 Å². The summed E-state index contributed by atoms with van der Waals surface area (Å²) in [4.78, 5) is 5.08. The molecule has 104 valence electrons. The van der Waals surface area contributed by atoms with Crippen LogP contribution in [0.1, 0.15) is 20.3 Å². The summed E-state index contributed by atoms with van der Waals surface area (Å²) in [6, 6.07) is 17.2. The second-order valence-electron chi connectivity index (χ2n) is 5.72. The minimum atomic E-state index is 0.00192. The predicted molar refractivity (Wildman–Crippen MR) is 86.9 cm³/mol. The third-order valence-corrected chi connectivity index (χ3v) is 4.92. The summed E-state index contributed by atoms with van der Waals surface area (Å²) >= 11 is 1.85. The van der Waals surface area contributed by atoms with Crippen molar-refractivity contribution in [2.45, 2.75) is 35.6 Å². The van der Waals surface area contributed by atoms with Crippen LogP contribution in [0.3, 0.4) is 0 Å². The van der Waals surface area contributed by atoms with Crippen molar-refractivity contribution in [1.82, 2.24) is 0 Å². The van der Waals surface area contributed by atoms with Crippen LogP contribution < -0.4 is 10.6 Å². The Hall–Kier alpha value is -1.45.